The summed E-state index contributed by atoms with van der Waals surface area (Å²) >= 11 is 1.21. The zero-order chi connectivity index (χ0) is 12.3. The van der Waals surface area contributed by atoms with Gasteiger partial charge in [-0.25, -0.2) is 0 Å². The molecule has 1 N–H and O–H groups in total. The summed E-state index contributed by atoms with van der Waals surface area (Å²) in [6.07, 6.45) is 1.46. The molecule has 0 saturated carbocycles. The lowest BCUT2D eigenvalue weighted by atomic mass is 10.2. The van der Waals surface area contributed by atoms with Crippen LogP contribution in [0.4, 0.5) is 0 Å². The predicted molar refractivity (Wildman–Crippen MR) is 61.4 cm³/mol. The van der Waals surface area contributed by atoms with Crippen molar-refractivity contribution in [3.05, 3.63) is 40.8 Å². The first kappa shape index (κ1) is 11.4. The van der Waals surface area contributed by atoms with Gasteiger partial charge < -0.3 is 9.73 Å². The molecule has 0 aliphatic rings. The first-order chi connectivity index (χ1) is 8.22. The number of furan rings is 1. The van der Waals surface area contributed by atoms with Gasteiger partial charge in [-0.15, -0.1) is 0 Å². The van der Waals surface area contributed by atoms with Gasteiger partial charge in [0, 0.05) is 5.38 Å². The Morgan fingerprint density at radius 1 is 1.71 bits per heavy atom. The van der Waals surface area contributed by atoms with Gasteiger partial charge in [0.1, 0.15) is 5.76 Å². The largest absolute Gasteiger partial charge is 0.466 e. The third-order valence-corrected chi connectivity index (χ3v) is 2.95. The second-order valence-electron chi connectivity index (χ2n) is 3.36. The van der Waals surface area contributed by atoms with Crippen LogP contribution in [0.25, 0.3) is 0 Å². The van der Waals surface area contributed by atoms with Crippen molar-refractivity contribution in [3.63, 3.8) is 0 Å². The molecule has 2 rings (SSSR count). The van der Waals surface area contributed by atoms with Crippen LogP contribution in [0, 0.1) is 18.3 Å². The highest BCUT2D eigenvalue weighted by atomic mass is 32.1. The number of hydrogen-bond acceptors (Lipinski definition) is 5. The maximum atomic E-state index is 11.9. The standard InChI is InChI=1S/C11H9N3O2S/c1-7-8(6-17-14-7)11(15)13-9(5-12)10-3-2-4-16-10/h2-4,6,9H,1H3,(H,13,15). The molecule has 1 amide bonds. The Kier molecular flexibility index (Phi) is 3.21. The maximum Gasteiger partial charge on any atom is 0.255 e. The van der Waals surface area contributed by atoms with Crippen molar-refractivity contribution in [2.75, 3.05) is 0 Å². The van der Waals surface area contributed by atoms with E-state index in [4.69, 9.17) is 9.68 Å². The monoisotopic (exact) mass is 247 g/mol. The first-order valence-electron chi connectivity index (χ1n) is 4.87. The van der Waals surface area contributed by atoms with E-state index in [1.165, 1.54) is 17.8 Å². The van der Waals surface area contributed by atoms with E-state index in [1.807, 2.05) is 6.07 Å². The molecular formula is C11H9N3O2S. The fourth-order valence-electron chi connectivity index (χ4n) is 1.34. The fourth-order valence-corrected chi connectivity index (χ4v) is 2.03. The second kappa shape index (κ2) is 4.80. The van der Waals surface area contributed by atoms with Crippen LogP contribution < -0.4 is 5.32 Å². The second-order valence-corrected chi connectivity index (χ2v) is 3.99. The number of carbonyl (C=O) groups is 1. The molecule has 5 nitrogen and oxygen atoms in total. The minimum Gasteiger partial charge on any atom is -0.466 e. The number of nitriles is 1. The van der Waals surface area contributed by atoms with Crippen molar-refractivity contribution < 1.29 is 9.21 Å². The molecule has 0 aliphatic heterocycles. The van der Waals surface area contributed by atoms with Gasteiger partial charge >= 0.3 is 0 Å². The van der Waals surface area contributed by atoms with Gasteiger partial charge in [0.15, 0.2) is 6.04 Å². The summed E-state index contributed by atoms with van der Waals surface area (Å²) in [7, 11) is 0. The lowest BCUT2D eigenvalue weighted by molar-refractivity contribution is 0.0941. The molecule has 0 spiro atoms. The van der Waals surface area contributed by atoms with E-state index in [0.717, 1.165) is 0 Å². The van der Waals surface area contributed by atoms with Crippen molar-refractivity contribution in [2.45, 2.75) is 13.0 Å². The Labute approximate surface area is 102 Å². The Morgan fingerprint density at radius 3 is 3.06 bits per heavy atom. The summed E-state index contributed by atoms with van der Waals surface area (Å²) in [4.78, 5) is 11.9. The van der Waals surface area contributed by atoms with Gasteiger partial charge in [0.25, 0.3) is 5.91 Å². The molecule has 17 heavy (non-hydrogen) atoms. The number of nitrogens with zero attached hydrogens (tertiary/aromatic N) is 2. The number of rotatable bonds is 3. The van der Waals surface area contributed by atoms with Crippen LogP contribution in [-0.4, -0.2) is 10.3 Å². The smallest absolute Gasteiger partial charge is 0.255 e. The van der Waals surface area contributed by atoms with Crippen LogP contribution in [-0.2, 0) is 0 Å². The molecule has 1 unspecified atom stereocenters. The summed E-state index contributed by atoms with van der Waals surface area (Å²) in [6, 6.07) is 4.51. The van der Waals surface area contributed by atoms with Crippen LogP contribution in [0.15, 0.2) is 28.2 Å². The molecule has 0 aromatic carbocycles. The third-order valence-electron chi connectivity index (χ3n) is 2.23. The van der Waals surface area contributed by atoms with Crippen molar-refractivity contribution in [3.8, 4) is 6.07 Å². The highest BCUT2D eigenvalue weighted by Crippen LogP contribution is 2.15. The Hall–Kier alpha value is -2.13. The minimum atomic E-state index is -0.781. The van der Waals surface area contributed by atoms with E-state index in [0.29, 0.717) is 17.0 Å². The van der Waals surface area contributed by atoms with E-state index in [-0.39, 0.29) is 5.91 Å². The van der Waals surface area contributed by atoms with E-state index >= 15 is 0 Å². The average Bonchev–Trinajstić information content (AvgIpc) is 2.96. The summed E-state index contributed by atoms with van der Waals surface area (Å²) in [5, 5.41) is 13.2. The van der Waals surface area contributed by atoms with E-state index in [2.05, 4.69) is 9.69 Å². The lowest BCUT2D eigenvalue weighted by Gasteiger charge is -2.08. The van der Waals surface area contributed by atoms with E-state index in [1.54, 1.807) is 24.4 Å². The van der Waals surface area contributed by atoms with Crippen LogP contribution in [0.3, 0.4) is 0 Å². The molecule has 6 heteroatoms. The zero-order valence-corrected chi connectivity index (χ0v) is 9.82. The van der Waals surface area contributed by atoms with Crippen molar-refractivity contribution in [1.29, 1.82) is 5.26 Å². The normalized spacial score (nSPS) is 11.8. The minimum absolute atomic E-state index is 0.320. The number of aryl methyl sites for hydroxylation is 1. The van der Waals surface area contributed by atoms with Crippen LogP contribution in [0.5, 0.6) is 0 Å². The molecule has 2 aromatic heterocycles. The quantitative estimate of drug-likeness (QED) is 0.900. The lowest BCUT2D eigenvalue weighted by Crippen LogP contribution is -2.27. The van der Waals surface area contributed by atoms with E-state index < -0.39 is 6.04 Å². The molecular weight excluding hydrogens is 238 g/mol. The van der Waals surface area contributed by atoms with Crippen molar-refractivity contribution in [2.24, 2.45) is 0 Å². The van der Waals surface area contributed by atoms with Gasteiger partial charge in [0.05, 0.1) is 23.6 Å². The maximum absolute atomic E-state index is 11.9. The number of aromatic nitrogens is 1. The number of amides is 1. The summed E-state index contributed by atoms with van der Waals surface area (Å²) in [6.45, 7) is 1.75. The molecule has 0 saturated heterocycles. The van der Waals surface area contributed by atoms with Crippen molar-refractivity contribution in [1.82, 2.24) is 9.69 Å². The van der Waals surface area contributed by atoms with Crippen molar-refractivity contribution >= 4 is 17.4 Å². The van der Waals surface area contributed by atoms with Gasteiger partial charge in [-0.05, 0) is 30.6 Å². The van der Waals surface area contributed by atoms with Gasteiger partial charge in [0.2, 0.25) is 0 Å². The topological polar surface area (TPSA) is 78.9 Å². The van der Waals surface area contributed by atoms with Gasteiger partial charge in [-0.1, -0.05) is 0 Å². The Bertz CT molecular complexity index is 554. The molecule has 2 aromatic rings. The molecule has 0 bridgehead atoms. The summed E-state index contributed by atoms with van der Waals surface area (Å²) in [5.74, 6) is 0.0980. The molecule has 0 aliphatic carbocycles. The first-order valence-corrected chi connectivity index (χ1v) is 5.71. The predicted octanol–water partition coefficient (Wildman–Crippen LogP) is 2.04. The molecule has 86 valence electrons. The number of hydrogen-bond donors (Lipinski definition) is 1. The van der Waals surface area contributed by atoms with Gasteiger partial charge in [-0.3, -0.25) is 4.79 Å². The number of nitrogens with one attached hydrogen (secondary N) is 1. The van der Waals surface area contributed by atoms with Crippen LogP contribution >= 0.6 is 11.5 Å². The third kappa shape index (κ3) is 2.34. The molecule has 2 heterocycles. The number of carbonyl (C=O) groups excluding carboxylic acids is 1. The van der Waals surface area contributed by atoms with E-state index in [9.17, 15) is 4.79 Å². The summed E-state index contributed by atoms with van der Waals surface area (Å²) < 4.78 is 9.09. The average molecular weight is 247 g/mol. The van der Waals surface area contributed by atoms with Gasteiger partial charge in [-0.2, -0.15) is 9.64 Å². The highest BCUT2D eigenvalue weighted by molar-refractivity contribution is 7.03. The fraction of sp³-hybridized carbons (Fsp3) is 0.182. The summed E-state index contributed by atoms with van der Waals surface area (Å²) in [5.41, 5.74) is 1.14. The highest BCUT2D eigenvalue weighted by Gasteiger charge is 2.19. The Balaban J connectivity index is 2.14. The van der Waals surface area contributed by atoms with Crippen LogP contribution in [0.2, 0.25) is 0 Å². The molecule has 0 radical (unpaired) electrons. The SMILES string of the molecule is Cc1nscc1C(=O)NC(C#N)c1ccco1. The van der Waals surface area contributed by atoms with Crippen LogP contribution in [0.1, 0.15) is 27.9 Å². The molecule has 0 fully saturated rings. The molecule has 1 atom stereocenters. The zero-order valence-electron chi connectivity index (χ0n) is 9.01. The Morgan fingerprint density at radius 2 is 2.53 bits per heavy atom.